The van der Waals surface area contributed by atoms with Crippen molar-refractivity contribution in [2.45, 2.75) is 4.90 Å². The number of sulfone groups is 1. The van der Waals surface area contributed by atoms with Crippen LogP contribution >= 0.6 is 15.9 Å². The minimum Gasteiger partial charge on any atom is -0.497 e. The van der Waals surface area contributed by atoms with Crippen molar-refractivity contribution >= 4 is 43.0 Å². The van der Waals surface area contributed by atoms with E-state index in [1.165, 1.54) is 20.3 Å². The van der Waals surface area contributed by atoms with Crippen LogP contribution in [0, 0.1) is 0 Å². The van der Waals surface area contributed by atoms with Crippen molar-refractivity contribution in [3.63, 3.8) is 0 Å². The second-order valence-corrected chi connectivity index (χ2v) is 8.29. The maximum Gasteiger partial charge on any atom is 0.243 e. The standard InChI is InChI=1S/C17H19BrN2O5S/c1-24-13-8-14(17(25-2)15(9-13)26(3,22)23)19-10-16(21)20-12-6-4-5-11(18)7-12/h4-9,19H,10H2,1-3H3,(H,20,21). The number of ether oxygens (including phenoxy) is 2. The predicted molar refractivity (Wildman–Crippen MR) is 104 cm³/mol. The van der Waals surface area contributed by atoms with Gasteiger partial charge in [-0.15, -0.1) is 0 Å². The molecule has 7 nitrogen and oxygen atoms in total. The van der Waals surface area contributed by atoms with Crippen LogP contribution in [-0.2, 0) is 14.6 Å². The summed E-state index contributed by atoms with van der Waals surface area (Å²) in [5, 5.41) is 5.64. The Labute approximate surface area is 160 Å². The molecule has 0 spiro atoms. The Morgan fingerprint density at radius 2 is 1.88 bits per heavy atom. The van der Waals surface area contributed by atoms with Crippen LogP contribution in [-0.4, -0.2) is 41.3 Å². The van der Waals surface area contributed by atoms with Crippen molar-refractivity contribution in [1.82, 2.24) is 0 Å². The Hall–Kier alpha value is -2.26. The number of hydrogen-bond acceptors (Lipinski definition) is 6. The average molecular weight is 443 g/mol. The maximum atomic E-state index is 12.2. The lowest BCUT2D eigenvalue weighted by molar-refractivity contribution is -0.114. The van der Waals surface area contributed by atoms with Gasteiger partial charge in [0, 0.05) is 28.5 Å². The fourth-order valence-corrected chi connectivity index (χ4v) is 3.52. The summed E-state index contributed by atoms with van der Waals surface area (Å²) in [4.78, 5) is 12.1. The molecule has 0 aromatic heterocycles. The summed E-state index contributed by atoms with van der Waals surface area (Å²) in [5.41, 5.74) is 0.984. The molecule has 0 fully saturated rings. The van der Waals surface area contributed by atoms with E-state index in [2.05, 4.69) is 26.6 Å². The molecule has 0 aliphatic rings. The van der Waals surface area contributed by atoms with E-state index >= 15 is 0 Å². The normalized spacial score (nSPS) is 10.9. The predicted octanol–water partition coefficient (Wildman–Crippen LogP) is 2.92. The molecule has 0 atom stereocenters. The van der Waals surface area contributed by atoms with E-state index < -0.39 is 9.84 Å². The van der Waals surface area contributed by atoms with Gasteiger partial charge in [0.1, 0.15) is 10.6 Å². The largest absolute Gasteiger partial charge is 0.497 e. The van der Waals surface area contributed by atoms with E-state index in [0.29, 0.717) is 17.1 Å². The van der Waals surface area contributed by atoms with Gasteiger partial charge in [0.05, 0.1) is 26.5 Å². The molecule has 0 saturated heterocycles. The molecule has 0 aliphatic carbocycles. The number of amides is 1. The molecule has 1 amide bonds. The molecule has 2 N–H and O–H groups in total. The summed E-state index contributed by atoms with van der Waals surface area (Å²) < 4.78 is 35.2. The molecule has 2 aromatic carbocycles. The van der Waals surface area contributed by atoms with Gasteiger partial charge in [0.2, 0.25) is 5.91 Å². The lowest BCUT2D eigenvalue weighted by Gasteiger charge is -2.16. The number of methoxy groups -OCH3 is 2. The van der Waals surface area contributed by atoms with Gasteiger partial charge < -0.3 is 20.1 Å². The van der Waals surface area contributed by atoms with Crippen LogP contribution in [0.3, 0.4) is 0 Å². The number of halogens is 1. The number of anilines is 2. The zero-order valence-corrected chi connectivity index (χ0v) is 16.9. The topological polar surface area (TPSA) is 93.7 Å². The number of benzene rings is 2. The summed E-state index contributed by atoms with van der Waals surface area (Å²) >= 11 is 3.33. The summed E-state index contributed by atoms with van der Waals surface area (Å²) in [6.45, 7) is -0.0841. The zero-order valence-electron chi connectivity index (χ0n) is 14.5. The molecule has 0 radical (unpaired) electrons. The summed E-state index contributed by atoms with van der Waals surface area (Å²) in [5.74, 6) is 0.165. The summed E-state index contributed by atoms with van der Waals surface area (Å²) in [6.07, 6.45) is 1.08. The quantitative estimate of drug-likeness (QED) is 0.684. The van der Waals surface area contributed by atoms with Gasteiger partial charge in [-0.2, -0.15) is 0 Å². The van der Waals surface area contributed by atoms with Crippen LogP contribution < -0.4 is 20.1 Å². The van der Waals surface area contributed by atoms with Gasteiger partial charge >= 0.3 is 0 Å². The van der Waals surface area contributed by atoms with Crippen molar-refractivity contribution in [3.8, 4) is 11.5 Å². The van der Waals surface area contributed by atoms with Crippen LogP contribution in [0.4, 0.5) is 11.4 Å². The Morgan fingerprint density at radius 1 is 1.15 bits per heavy atom. The summed E-state index contributed by atoms with van der Waals surface area (Å²) in [6, 6.07) is 10.1. The Morgan fingerprint density at radius 3 is 2.46 bits per heavy atom. The average Bonchev–Trinajstić information content (AvgIpc) is 2.58. The van der Waals surface area contributed by atoms with E-state index in [-0.39, 0.29) is 23.1 Å². The van der Waals surface area contributed by atoms with E-state index in [9.17, 15) is 13.2 Å². The molecule has 9 heteroatoms. The van der Waals surface area contributed by atoms with Crippen molar-refractivity contribution < 1.29 is 22.7 Å². The highest BCUT2D eigenvalue weighted by atomic mass is 79.9. The van der Waals surface area contributed by atoms with Gasteiger partial charge in [0.15, 0.2) is 15.6 Å². The van der Waals surface area contributed by atoms with Crippen LogP contribution in [0.1, 0.15) is 0 Å². The van der Waals surface area contributed by atoms with Crippen molar-refractivity contribution in [1.29, 1.82) is 0 Å². The van der Waals surface area contributed by atoms with E-state index in [1.807, 2.05) is 6.07 Å². The Bertz CT molecular complexity index is 915. The maximum absolute atomic E-state index is 12.2. The minimum atomic E-state index is -3.54. The first-order valence-corrected chi connectivity index (χ1v) is 10.2. The van der Waals surface area contributed by atoms with E-state index in [4.69, 9.17) is 9.47 Å². The monoisotopic (exact) mass is 442 g/mol. The molecule has 140 valence electrons. The van der Waals surface area contributed by atoms with Gasteiger partial charge in [-0.1, -0.05) is 22.0 Å². The van der Waals surface area contributed by atoms with Gasteiger partial charge in [-0.05, 0) is 18.2 Å². The van der Waals surface area contributed by atoms with Gasteiger partial charge in [-0.3, -0.25) is 4.79 Å². The number of nitrogens with one attached hydrogen (secondary N) is 2. The lowest BCUT2D eigenvalue weighted by atomic mass is 10.2. The van der Waals surface area contributed by atoms with Crippen LogP contribution in [0.15, 0.2) is 45.8 Å². The van der Waals surface area contributed by atoms with Gasteiger partial charge in [0.25, 0.3) is 0 Å². The highest BCUT2D eigenvalue weighted by molar-refractivity contribution is 9.10. The van der Waals surface area contributed by atoms with Crippen LogP contribution in [0.2, 0.25) is 0 Å². The second kappa shape index (κ2) is 8.41. The molecule has 0 aliphatic heterocycles. The molecule has 2 aromatic rings. The smallest absolute Gasteiger partial charge is 0.243 e. The number of carbonyl (C=O) groups is 1. The minimum absolute atomic E-state index is 0.0192. The third-order valence-corrected chi connectivity index (χ3v) is 5.01. The lowest BCUT2D eigenvalue weighted by Crippen LogP contribution is -2.22. The SMILES string of the molecule is COc1cc(NCC(=O)Nc2cccc(Br)c2)c(OC)c(S(C)(=O)=O)c1. The Balaban J connectivity index is 2.21. The van der Waals surface area contributed by atoms with E-state index in [0.717, 1.165) is 10.7 Å². The molecule has 0 bridgehead atoms. The third-order valence-electron chi connectivity index (χ3n) is 3.42. The highest BCUT2D eigenvalue weighted by Gasteiger charge is 2.20. The van der Waals surface area contributed by atoms with Crippen LogP contribution in [0.25, 0.3) is 0 Å². The zero-order chi connectivity index (χ0) is 19.3. The molecular formula is C17H19BrN2O5S. The van der Waals surface area contributed by atoms with E-state index in [1.54, 1.807) is 24.3 Å². The summed E-state index contributed by atoms with van der Waals surface area (Å²) in [7, 11) is -0.751. The van der Waals surface area contributed by atoms with Crippen molar-refractivity contribution in [3.05, 3.63) is 40.9 Å². The molecule has 26 heavy (non-hydrogen) atoms. The highest BCUT2D eigenvalue weighted by Crippen LogP contribution is 2.36. The first-order valence-electron chi connectivity index (χ1n) is 7.50. The Kier molecular flexibility index (Phi) is 6.49. The van der Waals surface area contributed by atoms with Crippen molar-refractivity contribution in [2.24, 2.45) is 0 Å². The first kappa shape index (κ1) is 20.1. The van der Waals surface area contributed by atoms with Gasteiger partial charge in [-0.25, -0.2) is 8.42 Å². The molecule has 0 saturated carbocycles. The second-order valence-electron chi connectivity index (χ2n) is 5.39. The molecule has 0 heterocycles. The van der Waals surface area contributed by atoms with Crippen molar-refractivity contribution in [2.75, 3.05) is 37.7 Å². The third kappa shape index (κ3) is 5.12. The number of rotatable bonds is 7. The number of carbonyl (C=O) groups excluding carboxylic acids is 1. The fraction of sp³-hybridized carbons (Fsp3) is 0.235. The molecule has 2 rings (SSSR count). The fourth-order valence-electron chi connectivity index (χ4n) is 2.26. The first-order chi connectivity index (χ1) is 12.2. The van der Waals surface area contributed by atoms with Crippen LogP contribution in [0.5, 0.6) is 11.5 Å². The molecule has 0 unspecified atom stereocenters. The number of hydrogen-bond donors (Lipinski definition) is 2. The molecular weight excluding hydrogens is 424 g/mol.